The Kier molecular flexibility index (Phi) is 7.72. The normalized spacial score (nSPS) is 13.3. The zero-order valence-corrected chi connectivity index (χ0v) is 18.8. The van der Waals surface area contributed by atoms with Crippen molar-refractivity contribution in [2.75, 3.05) is 12.4 Å². The topological polar surface area (TPSA) is 103 Å². The number of nitrogens with zero attached hydrogens (tertiary/aromatic N) is 1. The zero-order valence-electron chi connectivity index (χ0n) is 18.0. The van der Waals surface area contributed by atoms with Gasteiger partial charge in [0, 0.05) is 12.0 Å². The summed E-state index contributed by atoms with van der Waals surface area (Å²) in [6.45, 7) is 8.96. The number of alkyl carbamates (subject to hydrolysis) is 1. The number of hydrogen-bond donors (Lipinski definition) is 2. The quantitative estimate of drug-likeness (QED) is 0.639. The summed E-state index contributed by atoms with van der Waals surface area (Å²) in [5, 5.41) is 5.80. The molecule has 0 fully saturated rings. The molecular formula is C21H28ClN3O5. The number of halogens is 1. The Hall–Kier alpha value is -2.74. The Morgan fingerprint density at radius 1 is 1.27 bits per heavy atom. The number of rotatable bonds is 7. The molecule has 0 saturated heterocycles. The molecule has 1 aromatic heterocycles. The van der Waals surface area contributed by atoms with E-state index in [9.17, 15) is 9.59 Å². The molecule has 164 valence electrons. The van der Waals surface area contributed by atoms with Crippen LogP contribution in [0.1, 0.15) is 41.0 Å². The van der Waals surface area contributed by atoms with Crippen molar-refractivity contribution in [2.24, 2.45) is 5.92 Å². The average Bonchev–Trinajstić information content (AvgIpc) is 3.15. The third-order valence-corrected chi connectivity index (χ3v) is 4.55. The molecule has 0 spiro atoms. The van der Waals surface area contributed by atoms with E-state index in [4.69, 9.17) is 25.5 Å². The summed E-state index contributed by atoms with van der Waals surface area (Å²) in [5.74, 6) is 0.260. The summed E-state index contributed by atoms with van der Waals surface area (Å²) in [6.07, 6.45) is 2.77. The predicted molar refractivity (Wildman–Crippen MR) is 115 cm³/mol. The standard InChI is InChI=1S/C21H28ClN3O5/c1-12(9-13(2)24-20(27)30-21(3,4)5)19(26)25-15-8-7-14(16-10-23-11-29-16)18(28-6)17(15)22/h7-8,10-13H,9H2,1-6H3,(H,24,27)(H,25,26). The van der Waals surface area contributed by atoms with Gasteiger partial charge in [-0.05, 0) is 46.2 Å². The zero-order chi connectivity index (χ0) is 22.5. The summed E-state index contributed by atoms with van der Waals surface area (Å²) < 4.78 is 15.9. The number of nitrogens with one attached hydrogen (secondary N) is 2. The number of methoxy groups -OCH3 is 1. The van der Waals surface area contributed by atoms with Crippen LogP contribution in [0.3, 0.4) is 0 Å². The second-order valence-electron chi connectivity index (χ2n) is 8.05. The molecule has 2 atom stereocenters. The van der Waals surface area contributed by atoms with Gasteiger partial charge in [-0.1, -0.05) is 18.5 Å². The van der Waals surface area contributed by atoms with E-state index in [1.165, 1.54) is 13.5 Å². The number of carbonyl (C=O) groups excluding carboxylic acids is 2. The fraction of sp³-hybridized carbons (Fsp3) is 0.476. The van der Waals surface area contributed by atoms with Crippen molar-refractivity contribution in [3.63, 3.8) is 0 Å². The smallest absolute Gasteiger partial charge is 0.407 e. The van der Waals surface area contributed by atoms with Crippen LogP contribution in [0.5, 0.6) is 5.75 Å². The first-order chi connectivity index (χ1) is 14.0. The number of amides is 2. The van der Waals surface area contributed by atoms with Crippen LogP contribution < -0.4 is 15.4 Å². The van der Waals surface area contributed by atoms with Crippen LogP contribution in [-0.2, 0) is 9.53 Å². The molecule has 0 saturated carbocycles. The monoisotopic (exact) mass is 437 g/mol. The lowest BCUT2D eigenvalue weighted by atomic mass is 10.0. The highest BCUT2D eigenvalue weighted by Gasteiger charge is 2.23. The van der Waals surface area contributed by atoms with Crippen LogP contribution in [0.15, 0.2) is 29.1 Å². The average molecular weight is 438 g/mol. The minimum atomic E-state index is -0.583. The van der Waals surface area contributed by atoms with Gasteiger partial charge in [-0.25, -0.2) is 9.78 Å². The minimum Gasteiger partial charge on any atom is -0.494 e. The molecule has 2 unspecified atom stereocenters. The third-order valence-electron chi connectivity index (χ3n) is 4.17. The van der Waals surface area contributed by atoms with Crippen LogP contribution >= 0.6 is 11.6 Å². The van der Waals surface area contributed by atoms with E-state index in [0.29, 0.717) is 29.2 Å². The van der Waals surface area contributed by atoms with Crippen LogP contribution in [-0.4, -0.2) is 35.7 Å². The molecule has 9 heteroatoms. The Morgan fingerprint density at radius 3 is 2.53 bits per heavy atom. The Balaban J connectivity index is 2.02. The lowest BCUT2D eigenvalue weighted by Crippen LogP contribution is -2.39. The first kappa shape index (κ1) is 23.5. The van der Waals surface area contributed by atoms with Crippen molar-refractivity contribution < 1.29 is 23.5 Å². The van der Waals surface area contributed by atoms with Gasteiger partial charge in [0.1, 0.15) is 10.6 Å². The molecular weight excluding hydrogens is 410 g/mol. The Morgan fingerprint density at radius 2 is 1.97 bits per heavy atom. The van der Waals surface area contributed by atoms with Gasteiger partial charge in [-0.2, -0.15) is 0 Å². The van der Waals surface area contributed by atoms with Crippen molar-refractivity contribution in [1.82, 2.24) is 10.3 Å². The summed E-state index contributed by atoms with van der Waals surface area (Å²) >= 11 is 6.44. The second kappa shape index (κ2) is 9.84. The molecule has 0 aliphatic carbocycles. The van der Waals surface area contributed by atoms with Gasteiger partial charge in [0.15, 0.2) is 17.9 Å². The van der Waals surface area contributed by atoms with Gasteiger partial charge >= 0.3 is 6.09 Å². The highest BCUT2D eigenvalue weighted by atomic mass is 35.5. The largest absolute Gasteiger partial charge is 0.494 e. The predicted octanol–water partition coefficient (Wildman–Crippen LogP) is 4.88. The molecule has 0 aliphatic rings. The molecule has 0 aliphatic heterocycles. The van der Waals surface area contributed by atoms with Gasteiger partial charge in [0.25, 0.3) is 0 Å². The molecule has 2 amide bonds. The SMILES string of the molecule is COc1c(-c2cnco2)ccc(NC(=O)C(C)CC(C)NC(=O)OC(C)(C)C)c1Cl. The number of hydrogen-bond acceptors (Lipinski definition) is 6. The molecule has 1 heterocycles. The number of benzene rings is 1. The van der Waals surface area contributed by atoms with E-state index in [-0.39, 0.29) is 22.9 Å². The summed E-state index contributed by atoms with van der Waals surface area (Å²) in [5.41, 5.74) is 0.461. The lowest BCUT2D eigenvalue weighted by molar-refractivity contribution is -0.119. The van der Waals surface area contributed by atoms with Crippen LogP contribution in [0.25, 0.3) is 11.3 Å². The van der Waals surface area contributed by atoms with E-state index < -0.39 is 11.7 Å². The minimum absolute atomic E-state index is 0.232. The number of carbonyl (C=O) groups is 2. The fourth-order valence-electron chi connectivity index (χ4n) is 2.86. The first-order valence-corrected chi connectivity index (χ1v) is 9.95. The second-order valence-corrected chi connectivity index (χ2v) is 8.42. The number of oxazole rings is 1. The highest BCUT2D eigenvalue weighted by molar-refractivity contribution is 6.35. The van der Waals surface area contributed by atoms with Crippen molar-refractivity contribution in [2.45, 2.75) is 52.7 Å². The van der Waals surface area contributed by atoms with Crippen LogP contribution in [0, 0.1) is 5.92 Å². The molecule has 2 aromatic rings. The maximum atomic E-state index is 12.6. The van der Waals surface area contributed by atoms with Gasteiger partial charge in [-0.15, -0.1) is 0 Å². The van der Waals surface area contributed by atoms with Gasteiger partial charge < -0.3 is 24.5 Å². The summed E-state index contributed by atoms with van der Waals surface area (Å²) in [7, 11) is 1.49. The van der Waals surface area contributed by atoms with E-state index in [1.807, 2.05) is 6.92 Å². The van der Waals surface area contributed by atoms with Crippen LogP contribution in [0.4, 0.5) is 10.5 Å². The Bertz CT molecular complexity index is 878. The molecule has 2 N–H and O–H groups in total. The maximum Gasteiger partial charge on any atom is 0.407 e. The van der Waals surface area contributed by atoms with Gasteiger partial charge in [0.05, 0.1) is 24.6 Å². The molecule has 30 heavy (non-hydrogen) atoms. The van der Waals surface area contributed by atoms with Crippen molar-refractivity contribution in [3.05, 3.63) is 29.7 Å². The molecule has 8 nitrogen and oxygen atoms in total. The maximum absolute atomic E-state index is 12.6. The van der Waals surface area contributed by atoms with Gasteiger partial charge in [-0.3, -0.25) is 4.79 Å². The van der Waals surface area contributed by atoms with Gasteiger partial charge in [0.2, 0.25) is 5.91 Å². The molecule has 0 bridgehead atoms. The highest BCUT2D eigenvalue weighted by Crippen LogP contribution is 2.40. The van der Waals surface area contributed by atoms with E-state index in [1.54, 1.807) is 46.0 Å². The van der Waals surface area contributed by atoms with E-state index in [0.717, 1.165) is 0 Å². The number of ether oxygens (including phenoxy) is 2. The molecule has 0 radical (unpaired) electrons. The van der Waals surface area contributed by atoms with Crippen molar-refractivity contribution >= 4 is 29.3 Å². The third kappa shape index (κ3) is 6.38. The number of aromatic nitrogens is 1. The molecule has 2 rings (SSSR count). The molecule has 1 aromatic carbocycles. The van der Waals surface area contributed by atoms with Crippen molar-refractivity contribution in [1.29, 1.82) is 0 Å². The van der Waals surface area contributed by atoms with E-state index in [2.05, 4.69) is 15.6 Å². The lowest BCUT2D eigenvalue weighted by Gasteiger charge is -2.23. The number of anilines is 1. The van der Waals surface area contributed by atoms with E-state index >= 15 is 0 Å². The fourth-order valence-corrected chi connectivity index (χ4v) is 3.15. The first-order valence-electron chi connectivity index (χ1n) is 9.57. The summed E-state index contributed by atoms with van der Waals surface area (Å²) in [6, 6.07) is 3.16. The van der Waals surface area contributed by atoms with Crippen LogP contribution in [0.2, 0.25) is 5.02 Å². The van der Waals surface area contributed by atoms with Crippen molar-refractivity contribution in [3.8, 4) is 17.1 Å². The Labute approximate surface area is 181 Å². The summed E-state index contributed by atoms with van der Waals surface area (Å²) in [4.78, 5) is 28.4.